The number of hydrogen-bond donors (Lipinski definition) is 4. The van der Waals surface area contributed by atoms with Gasteiger partial charge >= 0.3 is 0 Å². The molecule has 3 aliphatic heterocycles. The third kappa shape index (κ3) is 3.67. The summed E-state index contributed by atoms with van der Waals surface area (Å²) in [6.45, 7) is 2.97. The number of rotatable bonds is 5. The predicted octanol–water partition coefficient (Wildman–Crippen LogP) is -0.492. The predicted molar refractivity (Wildman–Crippen MR) is 101 cm³/mol. The molecule has 0 aromatic heterocycles. The van der Waals surface area contributed by atoms with Crippen LogP contribution in [0.3, 0.4) is 0 Å². The van der Waals surface area contributed by atoms with Gasteiger partial charge in [-0.1, -0.05) is 12.1 Å². The fraction of sp³-hybridized carbons (Fsp3) is 0.550. The van der Waals surface area contributed by atoms with Crippen LogP contribution in [-0.4, -0.2) is 59.5 Å². The first kappa shape index (κ1) is 19.0. The number of aliphatic hydroxyl groups is 1. The normalized spacial score (nSPS) is 27.7. The van der Waals surface area contributed by atoms with Crippen LogP contribution < -0.4 is 16.0 Å². The highest BCUT2D eigenvalue weighted by Gasteiger charge is 2.39. The fourth-order valence-corrected chi connectivity index (χ4v) is 4.37. The lowest BCUT2D eigenvalue weighted by Gasteiger charge is -2.31. The largest absolute Gasteiger partial charge is 0.396 e. The number of fused-ring (bicyclic) bond motifs is 1. The van der Waals surface area contributed by atoms with Gasteiger partial charge in [0.15, 0.2) is 0 Å². The van der Waals surface area contributed by atoms with Crippen molar-refractivity contribution in [2.24, 2.45) is 5.92 Å². The highest BCUT2D eigenvalue weighted by atomic mass is 16.3. The highest BCUT2D eigenvalue weighted by molar-refractivity contribution is 6.05. The molecule has 28 heavy (non-hydrogen) atoms. The quantitative estimate of drug-likeness (QED) is 0.508. The summed E-state index contributed by atoms with van der Waals surface area (Å²) in [5.74, 6) is -0.617. The Hall–Kier alpha value is -2.29. The number of hydrogen-bond acceptors (Lipinski definition) is 6. The third-order valence-corrected chi connectivity index (χ3v) is 6.00. The van der Waals surface area contributed by atoms with Crippen LogP contribution in [0.5, 0.6) is 0 Å². The SMILES string of the molecule is O=C1CCC(N2Cc3cc(CNC4CCNCC4CO)ccc3C2=O)C(=O)N1. The van der Waals surface area contributed by atoms with Crippen LogP contribution in [0.1, 0.15) is 40.7 Å². The standard InChI is InChI=1S/C20H26N4O4/c25-11-14-9-21-6-5-16(14)22-8-12-1-2-15-13(7-12)10-24(20(15)28)17-3-4-18(26)23-19(17)27/h1-2,7,14,16-17,21-22,25H,3-6,8-11H2,(H,23,26,27). The van der Waals surface area contributed by atoms with E-state index in [1.54, 1.807) is 4.90 Å². The smallest absolute Gasteiger partial charge is 0.255 e. The summed E-state index contributed by atoms with van der Waals surface area (Å²) < 4.78 is 0. The molecule has 2 saturated heterocycles. The van der Waals surface area contributed by atoms with Gasteiger partial charge in [-0.05, 0) is 36.6 Å². The van der Waals surface area contributed by atoms with Gasteiger partial charge in [0.05, 0.1) is 0 Å². The van der Waals surface area contributed by atoms with Gasteiger partial charge in [0.2, 0.25) is 11.8 Å². The summed E-state index contributed by atoms with van der Waals surface area (Å²) in [6, 6.07) is 5.46. The number of amides is 3. The summed E-state index contributed by atoms with van der Waals surface area (Å²) in [4.78, 5) is 37.8. The molecule has 2 fully saturated rings. The summed E-state index contributed by atoms with van der Waals surface area (Å²) in [5.41, 5.74) is 2.62. The minimum atomic E-state index is -0.584. The zero-order valence-electron chi connectivity index (χ0n) is 15.7. The Morgan fingerprint density at radius 2 is 2.07 bits per heavy atom. The van der Waals surface area contributed by atoms with Gasteiger partial charge in [-0.3, -0.25) is 19.7 Å². The van der Waals surface area contributed by atoms with E-state index in [0.29, 0.717) is 25.1 Å². The van der Waals surface area contributed by atoms with Crippen LogP contribution in [0, 0.1) is 5.92 Å². The second kappa shape index (κ2) is 7.98. The molecule has 0 spiro atoms. The van der Waals surface area contributed by atoms with Gasteiger partial charge in [-0.15, -0.1) is 0 Å². The Balaban J connectivity index is 1.42. The molecule has 8 nitrogen and oxygen atoms in total. The lowest BCUT2D eigenvalue weighted by Crippen LogP contribution is -2.52. The molecule has 3 heterocycles. The van der Waals surface area contributed by atoms with Crippen molar-refractivity contribution in [3.63, 3.8) is 0 Å². The first-order chi connectivity index (χ1) is 13.6. The Morgan fingerprint density at radius 1 is 1.21 bits per heavy atom. The number of nitrogens with zero attached hydrogens (tertiary/aromatic N) is 1. The molecule has 1 aromatic rings. The van der Waals surface area contributed by atoms with Gasteiger partial charge in [0.25, 0.3) is 5.91 Å². The van der Waals surface area contributed by atoms with Crippen LogP contribution in [0.4, 0.5) is 0 Å². The lowest BCUT2D eigenvalue weighted by molar-refractivity contribution is -0.136. The van der Waals surface area contributed by atoms with Gasteiger partial charge in [-0.2, -0.15) is 0 Å². The minimum Gasteiger partial charge on any atom is -0.396 e. The van der Waals surface area contributed by atoms with Crippen molar-refractivity contribution >= 4 is 17.7 Å². The molecule has 0 bridgehead atoms. The van der Waals surface area contributed by atoms with E-state index >= 15 is 0 Å². The van der Waals surface area contributed by atoms with E-state index in [-0.39, 0.29) is 42.7 Å². The molecule has 3 amide bonds. The Bertz CT molecular complexity index is 796. The molecule has 3 unspecified atom stereocenters. The number of carbonyl (C=O) groups excluding carboxylic acids is 3. The first-order valence-electron chi connectivity index (χ1n) is 9.88. The number of aliphatic hydroxyl groups excluding tert-OH is 1. The lowest BCUT2D eigenvalue weighted by atomic mass is 9.94. The van der Waals surface area contributed by atoms with E-state index in [4.69, 9.17) is 0 Å². The van der Waals surface area contributed by atoms with E-state index in [0.717, 1.165) is 30.6 Å². The van der Waals surface area contributed by atoms with E-state index in [2.05, 4.69) is 16.0 Å². The summed E-state index contributed by atoms with van der Waals surface area (Å²) in [6.07, 6.45) is 1.60. The van der Waals surface area contributed by atoms with Crippen molar-refractivity contribution in [2.75, 3.05) is 19.7 Å². The van der Waals surface area contributed by atoms with Crippen LogP contribution in [0.25, 0.3) is 0 Å². The fourth-order valence-electron chi connectivity index (χ4n) is 4.37. The third-order valence-electron chi connectivity index (χ3n) is 6.00. The minimum absolute atomic E-state index is 0.150. The summed E-state index contributed by atoms with van der Waals surface area (Å²) in [5, 5.41) is 18.7. The van der Waals surface area contributed by atoms with Crippen molar-refractivity contribution in [3.8, 4) is 0 Å². The van der Waals surface area contributed by atoms with Crippen molar-refractivity contribution in [2.45, 2.75) is 44.4 Å². The maximum atomic E-state index is 12.7. The van der Waals surface area contributed by atoms with Crippen molar-refractivity contribution in [1.29, 1.82) is 0 Å². The molecule has 3 atom stereocenters. The molecule has 1 aromatic carbocycles. The molecule has 150 valence electrons. The zero-order chi connectivity index (χ0) is 19.7. The molecular weight excluding hydrogens is 360 g/mol. The molecule has 4 N–H and O–H groups in total. The Labute approximate surface area is 163 Å². The van der Waals surface area contributed by atoms with Crippen molar-refractivity contribution in [3.05, 3.63) is 34.9 Å². The summed E-state index contributed by atoms with van der Waals surface area (Å²) in [7, 11) is 0. The van der Waals surface area contributed by atoms with Gasteiger partial charge in [0, 0.05) is 50.2 Å². The zero-order valence-corrected chi connectivity index (χ0v) is 15.7. The van der Waals surface area contributed by atoms with Crippen LogP contribution in [0.15, 0.2) is 18.2 Å². The average Bonchev–Trinajstić information content (AvgIpc) is 3.02. The summed E-state index contributed by atoms with van der Waals surface area (Å²) >= 11 is 0. The number of piperidine rings is 2. The molecule has 8 heteroatoms. The second-order valence-electron chi connectivity index (χ2n) is 7.81. The van der Waals surface area contributed by atoms with Crippen molar-refractivity contribution in [1.82, 2.24) is 20.9 Å². The number of carbonyl (C=O) groups is 3. The molecule has 0 radical (unpaired) electrons. The molecule has 3 aliphatic rings. The Morgan fingerprint density at radius 3 is 2.86 bits per heavy atom. The first-order valence-corrected chi connectivity index (χ1v) is 9.88. The maximum Gasteiger partial charge on any atom is 0.255 e. The molecule has 0 aliphatic carbocycles. The van der Waals surface area contributed by atoms with Gasteiger partial charge < -0.3 is 20.6 Å². The number of imide groups is 1. The van der Waals surface area contributed by atoms with E-state index in [9.17, 15) is 19.5 Å². The Kier molecular flexibility index (Phi) is 5.43. The van der Waals surface area contributed by atoms with Gasteiger partial charge in [0.1, 0.15) is 6.04 Å². The molecule has 4 rings (SSSR count). The second-order valence-corrected chi connectivity index (χ2v) is 7.81. The van der Waals surface area contributed by atoms with E-state index in [1.165, 1.54) is 0 Å². The van der Waals surface area contributed by atoms with Crippen LogP contribution >= 0.6 is 0 Å². The van der Waals surface area contributed by atoms with Crippen molar-refractivity contribution < 1.29 is 19.5 Å². The average molecular weight is 386 g/mol. The number of nitrogens with one attached hydrogen (secondary N) is 3. The maximum absolute atomic E-state index is 12.7. The monoisotopic (exact) mass is 386 g/mol. The van der Waals surface area contributed by atoms with Crippen LogP contribution in [0.2, 0.25) is 0 Å². The van der Waals surface area contributed by atoms with Gasteiger partial charge in [-0.25, -0.2) is 0 Å². The number of benzene rings is 1. The van der Waals surface area contributed by atoms with E-state index in [1.807, 2.05) is 18.2 Å². The topological polar surface area (TPSA) is 111 Å². The molecular formula is C20H26N4O4. The molecule has 0 saturated carbocycles. The van der Waals surface area contributed by atoms with Crippen LogP contribution in [-0.2, 0) is 22.7 Å². The van der Waals surface area contributed by atoms with E-state index < -0.39 is 6.04 Å². The highest BCUT2D eigenvalue weighted by Crippen LogP contribution is 2.28.